The zero-order valence-electron chi connectivity index (χ0n) is 10.1. The summed E-state index contributed by atoms with van der Waals surface area (Å²) in [5, 5.41) is 6.02. The Hall–Kier alpha value is -2.63. The van der Waals surface area contributed by atoms with Crippen LogP contribution < -0.4 is 16.2 Å². The molecule has 96 valence electrons. The molecule has 19 heavy (non-hydrogen) atoms. The summed E-state index contributed by atoms with van der Waals surface area (Å²) in [6, 6.07) is 8.20. The van der Waals surface area contributed by atoms with E-state index in [2.05, 4.69) is 10.2 Å². The molecular weight excluding hydrogens is 244 g/mol. The molecule has 0 atom stereocenters. The third kappa shape index (κ3) is 1.97. The predicted octanol–water partition coefficient (Wildman–Crippen LogP) is 0.555. The molecule has 2 heterocycles. The van der Waals surface area contributed by atoms with Crippen molar-refractivity contribution in [3.05, 3.63) is 51.9 Å². The van der Waals surface area contributed by atoms with Crippen LogP contribution >= 0.6 is 0 Å². The Bertz CT molecular complexity index is 688. The molecule has 1 aliphatic heterocycles. The first kappa shape index (κ1) is 11.5. The van der Waals surface area contributed by atoms with E-state index < -0.39 is 0 Å². The van der Waals surface area contributed by atoms with Crippen LogP contribution in [0.1, 0.15) is 16.1 Å². The van der Waals surface area contributed by atoms with E-state index in [1.165, 1.54) is 12.1 Å². The molecule has 3 N–H and O–H groups in total. The number of carbonyl (C=O) groups is 1. The Morgan fingerprint density at radius 2 is 2.16 bits per heavy atom. The third-order valence-electron chi connectivity index (χ3n) is 3.14. The molecule has 6 nitrogen and oxygen atoms in total. The number of H-pyrrole nitrogens is 1. The SMILES string of the molecule is Nc1ccc2c(c1)CCN2C(=O)c1ccc(=O)[nH]n1. The zero-order chi connectivity index (χ0) is 13.4. The summed E-state index contributed by atoms with van der Waals surface area (Å²) >= 11 is 0. The number of nitrogen functional groups attached to an aromatic ring is 1. The first-order valence-electron chi connectivity index (χ1n) is 5.91. The molecule has 3 rings (SSSR count). The molecule has 0 fully saturated rings. The largest absolute Gasteiger partial charge is 0.399 e. The van der Waals surface area contributed by atoms with E-state index in [1.807, 2.05) is 12.1 Å². The van der Waals surface area contributed by atoms with E-state index in [0.29, 0.717) is 12.2 Å². The number of carbonyl (C=O) groups excluding carboxylic acids is 1. The van der Waals surface area contributed by atoms with Crippen LogP contribution in [0.3, 0.4) is 0 Å². The lowest BCUT2D eigenvalue weighted by Gasteiger charge is -2.16. The van der Waals surface area contributed by atoms with Gasteiger partial charge in [-0.2, -0.15) is 5.10 Å². The van der Waals surface area contributed by atoms with Crippen molar-refractivity contribution < 1.29 is 4.79 Å². The van der Waals surface area contributed by atoms with Gasteiger partial charge in [-0.15, -0.1) is 0 Å². The van der Waals surface area contributed by atoms with Gasteiger partial charge in [-0.25, -0.2) is 5.10 Å². The van der Waals surface area contributed by atoms with Gasteiger partial charge in [0.2, 0.25) is 0 Å². The maximum absolute atomic E-state index is 12.3. The number of hydrogen-bond acceptors (Lipinski definition) is 4. The second-order valence-electron chi connectivity index (χ2n) is 4.40. The van der Waals surface area contributed by atoms with Gasteiger partial charge in [0.25, 0.3) is 11.5 Å². The van der Waals surface area contributed by atoms with E-state index in [4.69, 9.17) is 5.73 Å². The van der Waals surface area contributed by atoms with Crippen LogP contribution in [0.25, 0.3) is 0 Å². The smallest absolute Gasteiger partial charge is 0.278 e. The molecule has 0 saturated carbocycles. The molecule has 0 bridgehead atoms. The first-order chi connectivity index (χ1) is 9.15. The van der Waals surface area contributed by atoms with Gasteiger partial charge in [-0.3, -0.25) is 9.59 Å². The monoisotopic (exact) mass is 256 g/mol. The van der Waals surface area contributed by atoms with Crippen LogP contribution in [-0.2, 0) is 6.42 Å². The van der Waals surface area contributed by atoms with Crippen molar-refractivity contribution in [1.82, 2.24) is 10.2 Å². The standard InChI is InChI=1S/C13H12N4O2/c14-9-1-3-11-8(7-9)5-6-17(11)13(19)10-2-4-12(18)16-15-10/h1-4,7H,5-6,14H2,(H,16,18). The Morgan fingerprint density at radius 3 is 2.89 bits per heavy atom. The number of rotatable bonds is 1. The number of benzene rings is 1. The Kier molecular flexibility index (Phi) is 2.56. The third-order valence-corrected chi connectivity index (χ3v) is 3.14. The van der Waals surface area contributed by atoms with Crippen LogP contribution in [0.15, 0.2) is 35.1 Å². The zero-order valence-corrected chi connectivity index (χ0v) is 10.1. The molecular formula is C13H12N4O2. The van der Waals surface area contributed by atoms with E-state index in [0.717, 1.165) is 17.7 Å². The van der Waals surface area contributed by atoms with Crippen LogP contribution in [0.2, 0.25) is 0 Å². The molecule has 0 saturated heterocycles. The second kappa shape index (κ2) is 4.24. The average molecular weight is 256 g/mol. The molecule has 1 aromatic carbocycles. The van der Waals surface area contributed by atoms with Gasteiger partial charge in [-0.05, 0) is 36.2 Å². The molecule has 1 aliphatic rings. The molecule has 0 spiro atoms. The molecule has 1 aromatic heterocycles. The molecule has 6 heteroatoms. The number of nitrogens with two attached hydrogens (primary N) is 1. The lowest BCUT2D eigenvalue weighted by atomic mass is 10.1. The summed E-state index contributed by atoms with van der Waals surface area (Å²) < 4.78 is 0. The highest BCUT2D eigenvalue weighted by Crippen LogP contribution is 2.30. The fraction of sp³-hybridized carbons (Fsp3) is 0.154. The highest BCUT2D eigenvalue weighted by Gasteiger charge is 2.26. The Balaban J connectivity index is 1.95. The maximum atomic E-state index is 12.3. The number of nitrogens with zero attached hydrogens (tertiary/aromatic N) is 2. The minimum Gasteiger partial charge on any atom is -0.399 e. The lowest BCUT2D eigenvalue weighted by molar-refractivity contribution is 0.0983. The van der Waals surface area contributed by atoms with Crippen LogP contribution in [0, 0.1) is 0 Å². The summed E-state index contributed by atoms with van der Waals surface area (Å²) in [6.45, 7) is 0.596. The van der Waals surface area contributed by atoms with Crippen molar-refractivity contribution in [3.63, 3.8) is 0 Å². The van der Waals surface area contributed by atoms with Gasteiger partial charge >= 0.3 is 0 Å². The molecule has 0 unspecified atom stereocenters. The van der Waals surface area contributed by atoms with Gasteiger partial charge in [0.1, 0.15) is 5.69 Å². The van der Waals surface area contributed by atoms with E-state index in [9.17, 15) is 9.59 Å². The number of amides is 1. The number of nitrogens with one attached hydrogen (secondary N) is 1. The summed E-state index contributed by atoms with van der Waals surface area (Å²) in [5.41, 5.74) is 8.22. The molecule has 0 radical (unpaired) electrons. The van der Waals surface area contributed by atoms with Gasteiger partial charge in [-0.1, -0.05) is 0 Å². The minimum atomic E-state index is -0.328. The minimum absolute atomic E-state index is 0.222. The van der Waals surface area contributed by atoms with E-state index in [1.54, 1.807) is 11.0 Å². The van der Waals surface area contributed by atoms with Crippen LogP contribution in [0.5, 0.6) is 0 Å². The summed E-state index contributed by atoms with van der Waals surface area (Å²) in [7, 11) is 0. The quantitative estimate of drug-likeness (QED) is 0.729. The lowest BCUT2D eigenvalue weighted by Crippen LogP contribution is -2.30. The number of anilines is 2. The van der Waals surface area contributed by atoms with E-state index in [-0.39, 0.29) is 17.2 Å². The number of aromatic amines is 1. The molecule has 2 aromatic rings. The average Bonchev–Trinajstić information content (AvgIpc) is 2.81. The van der Waals surface area contributed by atoms with Crippen LogP contribution in [-0.4, -0.2) is 22.6 Å². The highest BCUT2D eigenvalue weighted by atomic mass is 16.2. The molecule has 0 aliphatic carbocycles. The fourth-order valence-electron chi connectivity index (χ4n) is 2.23. The Morgan fingerprint density at radius 1 is 1.32 bits per heavy atom. The summed E-state index contributed by atoms with van der Waals surface area (Å²) in [6.07, 6.45) is 0.773. The van der Waals surface area contributed by atoms with Crippen molar-refractivity contribution in [2.24, 2.45) is 0 Å². The first-order valence-corrected chi connectivity index (χ1v) is 5.91. The van der Waals surface area contributed by atoms with Crippen molar-refractivity contribution in [1.29, 1.82) is 0 Å². The maximum Gasteiger partial charge on any atom is 0.278 e. The second-order valence-corrected chi connectivity index (χ2v) is 4.40. The summed E-state index contributed by atoms with van der Waals surface area (Å²) in [4.78, 5) is 24.9. The van der Waals surface area contributed by atoms with Gasteiger partial charge in [0, 0.05) is 24.0 Å². The van der Waals surface area contributed by atoms with Crippen molar-refractivity contribution in [2.75, 3.05) is 17.2 Å². The fourth-order valence-corrected chi connectivity index (χ4v) is 2.23. The number of hydrogen-bond donors (Lipinski definition) is 2. The summed E-state index contributed by atoms with van der Waals surface area (Å²) in [5.74, 6) is -0.222. The number of fused-ring (bicyclic) bond motifs is 1. The van der Waals surface area contributed by atoms with Gasteiger partial charge < -0.3 is 10.6 Å². The van der Waals surface area contributed by atoms with Crippen LogP contribution in [0.4, 0.5) is 11.4 Å². The predicted molar refractivity (Wildman–Crippen MR) is 71.1 cm³/mol. The highest BCUT2D eigenvalue weighted by molar-refractivity contribution is 6.06. The number of aromatic nitrogens is 2. The van der Waals surface area contributed by atoms with Crippen molar-refractivity contribution >= 4 is 17.3 Å². The van der Waals surface area contributed by atoms with Crippen molar-refractivity contribution in [2.45, 2.75) is 6.42 Å². The normalized spacial score (nSPS) is 13.4. The van der Waals surface area contributed by atoms with Gasteiger partial charge in [0.15, 0.2) is 0 Å². The Labute approximate surface area is 108 Å². The van der Waals surface area contributed by atoms with E-state index >= 15 is 0 Å². The topological polar surface area (TPSA) is 92.1 Å². The molecule has 1 amide bonds. The van der Waals surface area contributed by atoms with Gasteiger partial charge in [0.05, 0.1) is 0 Å². The van der Waals surface area contributed by atoms with Crippen molar-refractivity contribution in [3.8, 4) is 0 Å².